The van der Waals surface area contributed by atoms with Crippen molar-refractivity contribution in [3.05, 3.63) is 35.9 Å². The van der Waals surface area contributed by atoms with Gasteiger partial charge in [-0.25, -0.2) is 0 Å². The Morgan fingerprint density at radius 2 is 1.95 bits per heavy atom. The number of benzene rings is 1. The molecule has 1 heterocycles. The molecule has 2 rings (SSSR count). The fraction of sp³-hybridized carbons (Fsp3) is 0.429. The van der Waals surface area contributed by atoms with E-state index in [9.17, 15) is 4.79 Å². The molecule has 6 heteroatoms. The molecule has 1 amide bonds. The Balaban J connectivity index is 2.31. The minimum Gasteiger partial charge on any atom is -0.355 e. The van der Waals surface area contributed by atoms with E-state index in [0.717, 1.165) is 11.3 Å². The van der Waals surface area contributed by atoms with Gasteiger partial charge in [0.15, 0.2) is 6.29 Å². The summed E-state index contributed by atoms with van der Waals surface area (Å²) < 4.78 is 11.3. The summed E-state index contributed by atoms with van der Waals surface area (Å²) in [5.74, 6) is 0.263. The molecule has 0 bridgehead atoms. The molecule has 4 nitrogen and oxygen atoms in total. The summed E-state index contributed by atoms with van der Waals surface area (Å²) in [6.07, 6.45) is -0.627. The van der Waals surface area contributed by atoms with Crippen LogP contribution in [0.2, 0.25) is 0 Å². The second-order valence-corrected chi connectivity index (χ2v) is 6.06. The van der Waals surface area contributed by atoms with Crippen LogP contribution in [0.1, 0.15) is 11.5 Å². The highest BCUT2D eigenvalue weighted by Gasteiger charge is 2.36. The van der Waals surface area contributed by atoms with Gasteiger partial charge < -0.3 is 9.47 Å². The summed E-state index contributed by atoms with van der Waals surface area (Å²) in [5.41, 5.74) is 0.867. The first-order valence-corrected chi connectivity index (χ1v) is 7.67. The van der Waals surface area contributed by atoms with Crippen LogP contribution in [-0.2, 0) is 14.3 Å². The van der Waals surface area contributed by atoms with E-state index in [1.165, 1.54) is 26.0 Å². The number of hydrogen-bond donors (Lipinski definition) is 0. The highest BCUT2D eigenvalue weighted by molar-refractivity contribution is 8.23. The highest BCUT2D eigenvalue weighted by Crippen LogP contribution is 2.28. The lowest BCUT2D eigenvalue weighted by Crippen LogP contribution is -2.41. The van der Waals surface area contributed by atoms with Crippen LogP contribution in [-0.4, -0.2) is 47.9 Å². The quantitative estimate of drug-likeness (QED) is 0.616. The second kappa shape index (κ2) is 7.17. The minimum absolute atomic E-state index is 0.0695. The fourth-order valence-electron chi connectivity index (χ4n) is 2.21. The zero-order chi connectivity index (χ0) is 14.5. The van der Waals surface area contributed by atoms with Crippen molar-refractivity contribution < 1.29 is 14.3 Å². The van der Waals surface area contributed by atoms with Crippen LogP contribution in [0.25, 0.3) is 0 Å². The number of nitrogens with zero attached hydrogens (tertiary/aromatic N) is 1. The Morgan fingerprint density at radius 3 is 2.45 bits per heavy atom. The molecule has 0 aromatic heterocycles. The average Bonchev–Trinajstić information content (AvgIpc) is 2.91. The van der Waals surface area contributed by atoms with Crippen molar-refractivity contribution >= 4 is 34.2 Å². The van der Waals surface area contributed by atoms with E-state index in [1.54, 1.807) is 4.90 Å². The zero-order valence-electron chi connectivity index (χ0n) is 11.4. The fourth-order valence-corrected chi connectivity index (χ4v) is 3.42. The van der Waals surface area contributed by atoms with Gasteiger partial charge in [0, 0.05) is 26.5 Å². The van der Waals surface area contributed by atoms with Gasteiger partial charge in [-0.05, 0) is 5.56 Å². The Kier molecular flexibility index (Phi) is 5.54. The normalized spacial score (nSPS) is 16.8. The van der Waals surface area contributed by atoms with Crippen molar-refractivity contribution in [1.29, 1.82) is 0 Å². The van der Waals surface area contributed by atoms with Crippen molar-refractivity contribution in [3.63, 3.8) is 0 Å². The van der Waals surface area contributed by atoms with E-state index in [-0.39, 0.29) is 5.91 Å². The molecule has 1 fully saturated rings. The maximum atomic E-state index is 12.8. The summed E-state index contributed by atoms with van der Waals surface area (Å²) in [6.45, 7) is 0.645. The largest absolute Gasteiger partial charge is 0.355 e. The number of ether oxygens (including phenoxy) is 2. The lowest BCUT2D eigenvalue weighted by Gasteiger charge is -2.28. The van der Waals surface area contributed by atoms with Crippen LogP contribution >= 0.6 is 24.0 Å². The molecular weight excluding hydrogens is 294 g/mol. The van der Waals surface area contributed by atoms with Crippen molar-refractivity contribution in [2.75, 3.05) is 26.5 Å². The van der Waals surface area contributed by atoms with E-state index >= 15 is 0 Å². The molecule has 0 radical (unpaired) electrons. The molecule has 1 aliphatic heterocycles. The lowest BCUT2D eigenvalue weighted by atomic mass is 9.97. The lowest BCUT2D eigenvalue weighted by molar-refractivity contribution is -0.151. The minimum atomic E-state index is -0.627. The van der Waals surface area contributed by atoms with Gasteiger partial charge in [-0.15, -0.1) is 0 Å². The van der Waals surface area contributed by atoms with Crippen LogP contribution in [0.3, 0.4) is 0 Å². The number of rotatable bonds is 5. The topological polar surface area (TPSA) is 38.8 Å². The molecule has 1 aliphatic rings. The van der Waals surface area contributed by atoms with E-state index in [2.05, 4.69) is 0 Å². The van der Waals surface area contributed by atoms with E-state index in [4.69, 9.17) is 21.7 Å². The molecule has 108 valence electrons. The molecule has 0 unspecified atom stereocenters. The molecule has 0 saturated carbocycles. The number of thioether (sulfide) groups is 1. The maximum Gasteiger partial charge on any atom is 0.240 e. The van der Waals surface area contributed by atoms with Gasteiger partial charge in [-0.1, -0.05) is 54.3 Å². The van der Waals surface area contributed by atoms with E-state index in [0.29, 0.717) is 10.9 Å². The molecule has 0 aliphatic carbocycles. The van der Waals surface area contributed by atoms with E-state index < -0.39 is 12.2 Å². The van der Waals surface area contributed by atoms with Crippen LogP contribution < -0.4 is 0 Å². The molecule has 0 N–H and O–H groups in total. The molecule has 0 spiro atoms. The summed E-state index contributed by atoms with van der Waals surface area (Å²) in [6, 6.07) is 9.51. The van der Waals surface area contributed by atoms with Gasteiger partial charge in [0.1, 0.15) is 10.2 Å². The molecule has 1 atom stereocenters. The van der Waals surface area contributed by atoms with Crippen molar-refractivity contribution in [1.82, 2.24) is 4.90 Å². The number of thiocarbonyl (C=S) groups is 1. The van der Waals surface area contributed by atoms with Crippen LogP contribution in [0.4, 0.5) is 0 Å². The highest BCUT2D eigenvalue weighted by atomic mass is 32.2. The van der Waals surface area contributed by atoms with Gasteiger partial charge in [-0.2, -0.15) is 0 Å². The molecule has 1 aromatic carbocycles. The van der Waals surface area contributed by atoms with E-state index in [1.807, 2.05) is 30.3 Å². The molecule has 1 saturated heterocycles. The van der Waals surface area contributed by atoms with Crippen molar-refractivity contribution in [2.24, 2.45) is 0 Å². The standard InChI is InChI=1S/C14H17NO3S2/c1-17-13(18-2)11(10-6-4-3-5-7-10)12(16)15-8-9-20-14(15)19/h3-7,11,13H,8-9H2,1-2H3/t11-/m0/s1. The van der Waals surface area contributed by atoms with Gasteiger partial charge in [-0.3, -0.25) is 9.69 Å². The third-order valence-corrected chi connectivity index (χ3v) is 4.62. The summed E-state index contributed by atoms with van der Waals surface area (Å²) in [7, 11) is 3.07. The Labute approximate surface area is 128 Å². The Morgan fingerprint density at radius 1 is 1.30 bits per heavy atom. The predicted octanol–water partition coefficient (Wildman–Crippen LogP) is 2.25. The summed E-state index contributed by atoms with van der Waals surface area (Å²) in [5, 5.41) is 0. The maximum absolute atomic E-state index is 12.8. The smallest absolute Gasteiger partial charge is 0.240 e. The van der Waals surface area contributed by atoms with Gasteiger partial charge in [0.05, 0.1) is 0 Å². The van der Waals surface area contributed by atoms with Crippen molar-refractivity contribution in [3.8, 4) is 0 Å². The number of carbonyl (C=O) groups excluding carboxylic acids is 1. The SMILES string of the molecule is COC(OC)[C@H](C(=O)N1CCSC1=S)c1ccccc1. The number of amides is 1. The average molecular weight is 311 g/mol. The van der Waals surface area contributed by atoms with Crippen LogP contribution in [0.5, 0.6) is 0 Å². The number of carbonyl (C=O) groups is 1. The molecule has 20 heavy (non-hydrogen) atoms. The first-order chi connectivity index (χ1) is 9.69. The van der Waals surface area contributed by atoms with Gasteiger partial charge >= 0.3 is 0 Å². The summed E-state index contributed by atoms with van der Waals surface area (Å²) >= 11 is 6.76. The first kappa shape index (κ1) is 15.4. The molecular formula is C14H17NO3S2. The molecule has 1 aromatic rings. The third-order valence-electron chi connectivity index (χ3n) is 3.19. The number of hydrogen-bond acceptors (Lipinski definition) is 5. The van der Waals surface area contributed by atoms with Crippen LogP contribution in [0, 0.1) is 0 Å². The number of methoxy groups -OCH3 is 2. The summed E-state index contributed by atoms with van der Waals surface area (Å²) in [4.78, 5) is 14.4. The first-order valence-electron chi connectivity index (χ1n) is 6.27. The van der Waals surface area contributed by atoms with Crippen LogP contribution in [0.15, 0.2) is 30.3 Å². The van der Waals surface area contributed by atoms with Crippen molar-refractivity contribution in [2.45, 2.75) is 12.2 Å². The second-order valence-electron chi connectivity index (χ2n) is 4.33. The van der Waals surface area contributed by atoms with Gasteiger partial charge in [0.2, 0.25) is 5.91 Å². The third kappa shape index (κ3) is 3.20. The predicted molar refractivity (Wildman–Crippen MR) is 83.8 cm³/mol. The van der Waals surface area contributed by atoms with Gasteiger partial charge in [0.25, 0.3) is 0 Å². The Hall–Kier alpha value is -0.950. The zero-order valence-corrected chi connectivity index (χ0v) is 13.1. The monoisotopic (exact) mass is 311 g/mol. The Bertz CT molecular complexity index is 477.